The largest absolute Gasteiger partial charge is 0.370 e. The number of ketones is 1. The molecule has 0 amide bonds. The maximum atomic E-state index is 12.3. The molecule has 0 bridgehead atoms. The highest BCUT2D eigenvalue weighted by atomic mass is 16.5. The summed E-state index contributed by atoms with van der Waals surface area (Å²) in [7, 11) is 0. The number of piperidine rings is 1. The Bertz CT molecular complexity index is 591. The molecule has 0 saturated carbocycles. The van der Waals surface area contributed by atoms with Crippen LogP contribution in [0.4, 0.5) is 0 Å². The fourth-order valence-electron chi connectivity index (χ4n) is 2.41. The summed E-state index contributed by atoms with van der Waals surface area (Å²) in [5.74, 6) is -0.0950. The third-order valence-electron chi connectivity index (χ3n) is 3.57. The van der Waals surface area contributed by atoms with Crippen LogP contribution < -0.4 is 5.32 Å². The van der Waals surface area contributed by atoms with E-state index < -0.39 is 0 Å². The van der Waals surface area contributed by atoms with Crippen LogP contribution in [0.2, 0.25) is 0 Å². The molecule has 1 aromatic carbocycles. The van der Waals surface area contributed by atoms with Gasteiger partial charge >= 0.3 is 0 Å². The molecule has 1 saturated heterocycles. The monoisotopic (exact) mass is 286 g/mol. The normalized spacial score (nSPS) is 16.0. The van der Waals surface area contributed by atoms with E-state index in [1.54, 1.807) is 4.68 Å². The minimum Gasteiger partial charge on any atom is -0.370 e. The number of Topliss-reactive ketones (excluding diaryl/α,β-unsaturated/α-hetero) is 1. The summed E-state index contributed by atoms with van der Waals surface area (Å²) in [6, 6.07) is 9.49. The molecule has 3 rings (SSSR count). The Balaban J connectivity index is 1.66. The Kier molecular flexibility index (Phi) is 4.37. The quantitative estimate of drug-likeness (QED) is 0.837. The lowest BCUT2D eigenvalue weighted by atomic mass is 10.1. The van der Waals surface area contributed by atoms with E-state index in [4.69, 9.17) is 4.74 Å². The molecule has 0 unspecified atom stereocenters. The summed E-state index contributed by atoms with van der Waals surface area (Å²) in [5.41, 5.74) is 1.27. The van der Waals surface area contributed by atoms with Crippen molar-refractivity contribution in [2.75, 3.05) is 19.7 Å². The van der Waals surface area contributed by atoms with Gasteiger partial charge in [-0.1, -0.05) is 23.4 Å². The van der Waals surface area contributed by atoms with Crippen molar-refractivity contribution in [3.05, 3.63) is 42.2 Å². The second kappa shape index (κ2) is 6.60. The smallest absolute Gasteiger partial charge is 0.208 e. The van der Waals surface area contributed by atoms with E-state index >= 15 is 0 Å². The Morgan fingerprint density at radius 3 is 2.81 bits per heavy atom. The van der Waals surface area contributed by atoms with Crippen LogP contribution in [0.25, 0.3) is 5.69 Å². The van der Waals surface area contributed by atoms with Gasteiger partial charge in [0.15, 0.2) is 0 Å². The first-order valence-corrected chi connectivity index (χ1v) is 7.16. The molecule has 1 fully saturated rings. The zero-order valence-corrected chi connectivity index (χ0v) is 11.7. The lowest BCUT2D eigenvalue weighted by Gasteiger charge is -2.22. The summed E-state index contributed by atoms with van der Waals surface area (Å²) in [6.45, 7) is 1.97. The number of ether oxygens (including phenoxy) is 1. The molecular formula is C15H18N4O2. The van der Waals surface area contributed by atoms with Gasteiger partial charge in [0.1, 0.15) is 12.3 Å². The highest BCUT2D eigenvalue weighted by Crippen LogP contribution is 2.11. The fraction of sp³-hybridized carbons (Fsp3) is 0.400. The molecule has 0 atom stereocenters. The van der Waals surface area contributed by atoms with Crippen LogP contribution in [0.1, 0.15) is 23.3 Å². The average molecular weight is 286 g/mol. The summed E-state index contributed by atoms with van der Waals surface area (Å²) < 4.78 is 7.25. The van der Waals surface area contributed by atoms with E-state index in [0.717, 1.165) is 31.6 Å². The standard InChI is InChI=1S/C15H18N4O2/c20-15(11-21-13-6-8-16-9-7-13)14-10-17-18-19(14)12-4-2-1-3-5-12/h1-5,10,13,16H,6-9,11H2. The van der Waals surface area contributed by atoms with E-state index in [9.17, 15) is 4.79 Å². The number of carbonyl (C=O) groups is 1. The lowest BCUT2D eigenvalue weighted by Crippen LogP contribution is -2.33. The third kappa shape index (κ3) is 3.34. The molecule has 0 spiro atoms. The van der Waals surface area contributed by atoms with Crippen LogP contribution in [-0.2, 0) is 4.74 Å². The van der Waals surface area contributed by atoms with Gasteiger partial charge in [0.2, 0.25) is 5.78 Å². The summed E-state index contributed by atoms with van der Waals surface area (Å²) in [4.78, 5) is 12.3. The number of benzene rings is 1. The lowest BCUT2D eigenvalue weighted by molar-refractivity contribution is 0.0313. The molecule has 0 radical (unpaired) electrons. The molecule has 0 aliphatic carbocycles. The van der Waals surface area contributed by atoms with Gasteiger partial charge in [-0.25, -0.2) is 4.68 Å². The average Bonchev–Trinajstić information content (AvgIpc) is 3.04. The maximum Gasteiger partial charge on any atom is 0.208 e. The van der Waals surface area contributed by atoms with Crippen molar-refractivity contribution in [3.8, 4) is 5.69 Å². The maximum absolute atomic E-state index is 12.3. The first-order chi connectivity index (χ1) is 10.3. The van der Waals surface area contributed by atoms with E-state index in [1.165, 1.54) is 6.20 Å². The molecule has 2 aromatic rings. The van der Waals surface area contributed by atoms with E-state index in [2.05, 4.69) is 15.6 Å². The number of para-hydroxylation sites is 1. The predicted octanol–water partition coefficient (Wildman–Crippen LogP) is 1.22. The second-order valence-corrected chi connectivity index (χ2v) is 5.05. The van der Waals surface area contributed by atoms with E-state index in [0.29, 0.717) is 5.69 Å². The van der Waals surface area contributed by atoms with Crippen molar-refractivity contribution in [2.24, 2.45) is 0 Å². The van der Waals surface area contributed by atoms with Crippen molar-refractivity contribution >= 4 is 5.78 Å². The van der Waals surface area contributed by atoms with Crippen LogP contribution in [0.15, 0.2) is 36.5 Å². The highest BCUT2D eigenvalue weighted by molar-refractivity contribution is 5.95. The molecule has 6 nitrogen and oxygen atoms in total. The van der Waals surface area contributed by atoms with Crippen LogP contribution >= 0.6 is 0 Å². The highest BCUT2D eigenvalue weighted by Gasteiger charge is 2.18. The van der Waals surface area contributed by atoms with Gasteiger partial charge in [-0.05, 0) is 38.1 Å². The SMILES string of the molecule is O=C(COC1CCNCC1)c1cnnn1-c1ccccc1. The van der Waals surface area contributed by atoms with Crippen molar-refractivity contribution < 1.29 is 9.53 Å². The van der Waals surface area contributed by atoms with Crippen molar-refractivity contribution in [2.45, 2.75) is 18.9 Å². The number of nitrogens with zero attached hydrogens (tertiary/aromatic N) is 3. The van der Waals surface area contributed by atoms with E-state index in [-0.39, 0.29) is 18.5 Å². The molecule has 1 aliphatic rings. The van der Waals surface area contributed by atoms with Gasteiger partial charge in [0.25, 0.3) is 0 Å². The van der Waals surface area contributed by atoms with Gasteiger partial charge in [-0.2, -0.15) is 0 Å². The zero-order valence-electron chi connectivity index (χ0n) is 11.7. The number of hydrogen-bond donors (Lipinski definition) is 1. The fourth-order valence-corrected chi connectivity index (χ4v) is 2.41. The first kappa shape index (κ1) is 13.9. The van der Waals surface area contributed by atoms with Gasteiger partial charge in [-0.3, -0.25) is 4.79 Å². The number of nitrogens with one attached hydrogen (secondary N) is 1. The minimum absolute atomic E-state index is 0.0743. The van der Waals surface area contributed by atoms with Crippen LogP contribution in [0.3, 0.4) is 0 Å². The zero-order chi connectivity index (χ0) is 14.5. The molecule has 1 aromatic heterocycles. The molecule has 2 heterocycles. The van der Waals surface area contributed by atoms with Gasteiger partial charge in [0, 0.05) is 0 Å². The minimum atomic E-state index is -0.0950. The van der Waals surface area contributed by atoms with Crippen LogP contribution in [0.5, 0.6) is 0 Å². The number of hydrogen-bond acceptors (Lipinski definition) is 5. The summed E-state index contributed by atoms with van der Waals surface area (Å²) in [6.07, 6.45) is 3.55. The van der Waals surface area contributed by atoms with Crippen molar-refractivity contribution in [3.63, 3.8) is 0 Å². The molecule has 1 N–H and O–H groups in total. The molecule has 110 valence electrons. The summed E-state index contributed by atoms with van der Waals surface area (Å²) >= 11 is 0. The Hall–Kier alpha value is -2.05. The van der Waals surface area contributed by atoms with Crippen molar-refractivity contribution in [1.82, 2.24) is 20.3 Å². The number of carbonyl (C=O) groups excluding carboxylic acids is 1. The molecular weight excluding hydrogens is 268 g/mol. The van der Waals surface area contributed by atoms with Crippen LogP contribution in [0, 0.1) is 0 Å². The van der Waals surface area contributed by atoms with Gasteiger partial charge in [-0.15, -0.1) is 5.10 Å². The third-order valence-corrected chi connectivity index (χ3v) is 3.57. The van der Waals surface area contributed by atoms with Gasteiger partial charge in [0.05, 0.1) is 18.0 Å². The topological polar surface area (TPSA) is 69.0 Å². The molecule has 21 heavy (non-hydrogen) atoms. The van der Waals surface area contributed by atoms with E-state index in [1.807, 2.05) is 30.3 Å². The van der Waals surface area contributed by atoms with Gasteiger partial charge < -0.3 is 10.1 Å². The first-order valence-electron chi connectivity index (χ1n) is 7.16. The van der Waals surface area contributed by atoms with Crippen molar-refractivity contribution in [1.29, 1.82) is 0 Å². The molecule has 1 aliphatic heterocycles. The molecule has 6 heteroatoms. The number of rotatable bonds is 5. The Labute approximate surface area is 123 Å². The Morgan fingerprint density at radius 1 is 1.29 bits per heavy atom. The predicted molar refractivity (Wildman–Crippen MR) is 77.5 cm³/mol. The summed E-state index contributed by atoms with van der Waals surface area (Å²) in [5, 5.41) is 11.1. The number of aromatic nitrogens is 3. The second-order valence-electron chi connectivity index (χ2n) is 5.05. The van der Waals surface area contributed by atoms with Crippen LogP contribution in [-0.4, -0.2) is 46.6 Å². The Morgan fingerprint density at radius 2 is 2.05 bits per heavy atom.